The Morgan fingerprint density at radius 2 is 0.864 bits per heavy atom. The Bertz CT molecular complexity index is 1620. The molecule has 6 rings (SSSR count). The summed E-state index contributed by atoms with van der Waals surface area (Å²) in [6.45, 7) is 8.63. The van der Waals surface area contributed by atoms with Crippen molar-refractivity contribution in [2.75, 3.05) is 0 Å². The molecule has 8 heteroatoms. The third-order valence-corrected chi connectivity index (χ3v) is 8.16. The van der Waals surface area contributed by atoms with E-state index in [9.17, 15) is 0 Å². The van der Waals surface area contributed by atoms with Crippen LogP contribution < -0.4 is 0 Å². The summed E-state index contributed by atoms with van der Waals surface area (Å²) in [5.41, 5.74) is 6.73. The van der Waals surface area contributed by atoms with E-state index in [4.69, 9.17) is 63.4 Å². The molecular weight excluding hydrogens is 764 g/mol. The zero-order chi connectivity index (χ0) is 32.2. The Kier molecular flexibility index (Phi) is 16.1. The van der Waals surface area contributed by atoms with Gasteiger partial charge in [-0.3, -0.25) is 0 Å². The summed E-state index contributed by atoms with van der Waals surface area (Å²) < 4.78 is 0. The van der Waals surface area contributed by atoms with Crippen molar-refractivity contribution >= 4 is 94.5 Å². The molecule has 0 bridgehead atoms. The fourth-order valence-corrected chi connectivity index (χ4v) is 6.15. The Balaban J connectivity index is 0.000000204. The molecule has 0 nitrogen and oxygen atoms in total. The molecule has 2 radical (unpaired) electrons. The van der Waals surface area contributed by atoms with Crippen molar-refractivity contribution in [1.29, 1.82) is 0 Å². The maximum atomic E-state index is 6.32. The van der Waals surface area contributed by atoms with Gasteiger partial charge < -0.3 is 0 Å². The number of rotatable bonds is 4. The van der Waals surface area contributed by atoms with E-state index in [1.165, 1.54) is 32.7 Å². The monoisotopic (exact) mass is 792 g/mol. The summed E-state index contributed by atoms with van der Waals surface area (Å²) >= 11 is 24.5. The van der Waals surface area contributed by atoms with Crippen molar-refractivity contribution in [3.63, 3.8) is 0 Å². The van der Waals surface area contributed by atoms with E-state index in [0.717, 1.165) is 44.6 Å². The molecular formula is C36H32Cl6SiZr. The van der Waals surface area contributed by atoms with Crippen LogP contribution in [0.4, 0.5) is 0 Å². The van der Waals surface area contributed by atoms with E-state index in [-0.39, 0.29) is 0 Å². The molecule has 0 heterocycles. The fraction of sp³-hybridized carbons (Fsp3) is 0.167. The van der Waals surface area contributed by atoms with Gasteiger partial charge >= 0.3 is 37.9 Å². The predicted molar refractivity (Wildman–Crippen MR) is 198 cm³/mol. The quantitative estimate of drug-likeness (QED) is 0.123. The molecule has 6 aromatic rings. The van der Waals surface area contributed by atoms with Crippen LogP contribution in [0.25, 0.3) is 43.8 Å². The van der Waals surface area contributed by atoms with Crippen LogP contribution in [0.3, 0.4) is 0 Å². The van der Waals surface area contributed by atoms with Crippen LogP contribution in [0.15, 0.2) is 97.1 Å². The predicted octanol–water partition coefficient (Wildman–Crippen LogP) is 14.4. The van der Waals surface area contributed by atoms with Gasteiger partial charge in [-0.25, -0.2) is 0 Å². The van der Waals surface area contributed by atoms with Gasteiger partial charge in [0.2, 0.25) is 0 Å². The summed E-state index contributed by atoms with van der Waals surface area (Å²) in [6, 6.07) is 32.7. The van der Waals surface area contributed by atoms with Crippen molar-refractivity contribution in [3.05, 3.63) is 128 Å². The van der Waals surface area contributed by atoms with Crippen LogP contribution in [0, 0.1) is 0 Å². The van der Waals surface area contributed by atoms with Crippen molar-refractivity contribution in [3.8, 4) is 22.3 Å². The number of halogens is 6. The topological polar surface area (TPSA) is 0 Å². The summed E-state index contributed by atoms with van der Waals surface area (Å²) in [4.78, 5) is 0. The molecule has 226 valence electrons. The molecule has 44 heavy (non-hydrogen) atoms. The average molecular weight is 797 g/mol. The SMILES string of the molecule is CCc1cc2c(-c3c(Cl)cccc3Cl)cccc2[cH-]1.CCc1cc2c(-c3c(Cl)cccc3Cl)cccc2[cH-]1.C[Si]C.[Cl][Zr+2][Cl]. The Labute approximate surface area is 302 Å². The fourth-order valence-electron chi connectivity index (χ4n) is 4.95. The molecule has 0 aliphatic rings. The van der Waals surface area contributed by atoms with Crippen molar-refractivity contribution in [2.24, 2.45) is 0 Å². The van der Waals surface area contributed by atoms with E-state index in [0.29, 0.717) is 20.1 Å². The first-order valence-electron chi connectivity index (χ1n) is 14.0. The summed E-state index contributed by atoms with van der Waals surface area (Å²) in [5, 5.41) is 7.69. The molecule has 0 amide bonds. The first-order valence-corrected chi connectivity index (χ1v) is 23.9. The molecule has 0 atom stereocenters. The molecule has 0 spiro atoms. The van der Waals surface area contributed by atoms with Gasteiger partial charge in [-0.1, -0.05) is 109 Å². The van der Waals surface area contributed by atoms with E-state index < -0.39 is 20.8 Å². The third-order valence-electron chi connectivity index (χ3n) is 6.90. The molecule has 0 unspecified atom stereocenters. The number of fused-ring (bicyclic) bond motifs is 2. The second-order valence-electron chi connectivity index (χ2n) is 9.82. The van der Waals surface area contributed by atoms with E-state index >= 15 is 0 Å². The van der Waals surface area contributed by atoms with Crippen LogP contribution in [-0.4, -0.2) is 9.52 Å². The number of aryl methyl sites for hydroxylation is 2. The number of hydrogen-bond acceptors (Lipinski definition) is 0. The summed E-state index contributed by atoms with van der Waals surface area (Å²) in [5.74, 6) is 0. The van der Waals surface area contributed by atoms with Gasteiger partial charge in [-0.2, -0.15) is 12.1 Å². The number of benzene rings is 4. The van der Waals surface area contributed by atoms with Crippen molar-refractivity contribution in [2.45, 2.75) is 39.8 Å². The Hall–Kier alpha value is -1.06. The summed E-state index contributed by atoms with van der Waals surface area (Å²) in [6.07, 6.45) is 2.06. The average Bonchev–Trinajstić information content (AvgIpc) is 3.63. The first kappa shape index (κ1) is 37.4. The molecule has 0 saturated carbocycles. The minimum absolute atomic E-state index is 0.694. The summed E-state index contributed by atoms with van der Waals surface area (Å²) in [7, 11) is 11.0. The zero-order valence-electron chi connectivity index (χ0n) is 24.9. The Morgan fingerprint density at radius 1 is 0.568 bits per heavy atom. The van der Waals surface area contributed by atoms with Gasteiger partial charge in [-0.15, -0.1) is 69.1 Å². The van der Waals surface area contributed by atoms with Gasteiger partial charge in [0, 0.05) is 40.7 Å². The molecule has 6 aromatic carbocycles. The maximum absolute atomic E-state index is 6.32. The Morgan fingerprint density at radius 3 is 1.16 bits per heavy atom. The third kappa shape index (κ3) is 9.49. The van der Waals surface area contributed by atoms with Crippen LogP contribution in [0.5, 0.6) is 0 Å². The van der Waals surface area contributed by atoms with Crippen LogP contribution in [0.2, 0.25) is 33.2 Å². The second-order valence-corrected chi connectivity index (χ2v) is 16.2. The van der Waals surface area contributed by atoms with Gasteiger partial charge in [0.25, 0.3) is 0 Å². The van der Waals surface area contributed by atoms with Crippen LogP contribution >= 0.6 is 63.4 Å². The van der Waals surface area contributed by atoms with Crippen LogP contribution in [0.1, 0.15) is 25.0 Å². The molecule has 0 saturated heterocycles. The van der Waals surface area contributed by atoms with Gasteiger partial charge in [0.05, 0.1) is 0 Å². The molecule has 0 aliphatic heterocycles. The van der Waals surface area contributed by atoms with Crippen molar-refractivity contribution in [1.82, 2.24) is 0 Å². The van der Waals surface area contributed by atoms with Gasteiger partial charge in [-0.05, 0) is 37.1 Å². The molecule has 0 N–H and O–H groups in total. The van der Waals surface area contributed by atoms with E-state index in [1.807, 2.05) is 36.4 Å². The minimum atomic E-state index is -0.826. The first-order chi connectivity index (χ1) is 21.2. The zero-order valence-corrected chi connectivity index (χ0v) is 32.9. The normalized spacial score (nSPS) is 10.2. The molecule has 0 aliphatic carbocycles. The molecule has 0 aromatic heterocycles. The molecule has 0 fully saturated rings. The van der Waals surface area contributed by atoms with Gasteiger partial charge in [0.1, 0.15) is 0 Å². The van der Waals surface area contributed by atoms with Crippen molar-refractivity contribution < 1.29 is 20.8 Å². The number of hydrogen-bond donors (Lipinski definition) is 0. The van der Waals surface area contributed by atoms with E-state index in [2.05, 4.69) is 87.6 Å². The van der Waals surface area contributed by atoms with Gasteiger partial charge in [0.15, 0.2) is 0 Å². The standard InChI is InChI=1S/2C17H13Cl2.C2H6Si.2ClH.Zr/c2*1-2-11-9-12-5-3-6-13(14(12)10-11)17-15(18)7-4-8-16(17)19;1-3-2;;;/h2*3-10H,2H2,1H3;1-2H3;2*1H;/q2*-1;;;;+4/p-2. The van der Waals surface area contributed by atoms with E-state index in [1.54, 1.807) is 0 Å². The van der Waals surface area contributed by atoms with Crippen LogP contribution in [-0.2, 0) is 33.7 Å². The second kappa shape index (κ2) is 18.9.